The van der Waals surface area contributed by atoms with Gasteiger partial charge in [-0.15, -0.1) is 0 Å². The molecule has 0 radical (unpaired) electrons. The number of aromatic nitrogens is 3. The molecule has 2 heterocycles. The fourth-order valence-corrected chi connectivity index (χ4v) is 2.18. The van der Waals surface area contributed by atoms with Crippen LogP contribution >= 0.6 is 0 Å². The minimum absolute atomic E-state index is 0.0526. The van der Waals surface area contributed by atoms with Crippen molar-refractivity contribution in [2.45, 2.75) is 19.8 Å². The van der Waals surface area contributed by atoms with E-state index in [0.717, 1.165) is 19.4 Å². The van der Waals surface area contributed by atoms with Crippen LogP contribution in [-0.2, 0) is 4.79 Å². The van der Waals surface area contributed by atoms with Crippen LogP contribution in [0.15, 0.2) is 0 Å². The van der Waals surface area contributed by atoms with Gasteiger partial charge in [0.05, 0.1) is 7.11 Å². The average Bonchev–Trinajstić information content (AvgIpc) is 2.47. The second kappa shape index (κ2) is 6.36. The number of nitrogens with two attached hydrogens (primary N) is 1. The number of amides is 1. The van der Waals surface area contributed by atoms with Gasteiger partial charge in [-0.1, -0.05) is 0 Å². The number of carbonyl (C=O) groups excluding carboxylic acids is 1. The molecule has 1 aliphatic heterocycles. The quantitative estimate of drug-likeness (QED) is 0.782. The largest absolute Gasteiger partial charge is 0.467 e. The molecule has 110 valence electrons. The van der Waals surface area contributed by atoms with Crippen LogP contribution in [0, 0.1) is 5.92 Å². The SMILES string of the molecule is CCNc1nc(OC)nc(N2CCC(C(N)=O)CC2)n1. The third-order valence-electron chi connectivity index (χ3n) is 3.30. The summed E-state index contributed by atoms with van der Waals surface area (Å²) >= 11 is 0. The molecule has 0 aliphatic carbocycles. The molecule has 1 aromatic rings. The van der Waals surface area contributed by atoms with Crippen molar-refractivity contribution >= 4 is 17.8 Å². The highest BCUT2D eigenvalue weighted by atomic mass is 16.5. The number of nitrogens with zero attached hydrogens (tertiary/aromatic N) is 4. The van der Waals surface area contributed by atoms with Gasteiger partial charge in [-0.05, 0) is 19.8 Å². The Kier molecular flexibility index (Phi) is 4.54. The molecule has 8 heteroatoms. The topological polar surface area (TPSA) is 106 Å². The highest BCUT2D eigenvalue weighted by Gasteiger charge is 2.25. The van der Waals surface area contributed by atoms with Gasteiger partial charge >= 0.3 is 6.01 Å². The number of piperidine rings is 1. The average molecular weight is 280 g/mol. The molecule has 0 aromatic carbocycles. The molecule has 1 amide bonds. The summed E-state index contributed by atoms with van der Waals surface area (Å²) in [6.45, 7) is 4.09. The number of primary amides is 1. The lowest BCUT2D eigenvalue weighted by Crippen LogP contribution is -2.39. The van der Waals surface area contributed by atoms with Gasteiger partial charge in [0.25, 0.3) is 0 Å². The van der Waals surface area contributed by atoms with E-state index in [4.69, 9.17) is 10.5 Å². The summed E-state index contributed by atoms with van der Waals surface area (Å²) in [7, 11) is 1.52. The zero-order valence-corrected chi connectivity index (χ0v) is 11.8. The van der Waals surface area contributed by atoms with Gasteiger partial charge < -0.3 is 20.7 Å². The molecule has 2 rings (SSSR count). The third-order valence-corrected chi connectivity index (χ3v) is 3.30. The minimum atomic E-state index is -0.230. The second-order valence-electron chi connectivity index (χ2n) is 4.64. The van der Waals surface area contributed by atoms with E-state index in [1.54, 1.807) is 0 Å². The smallest absolute Gasteiger partial charge is 0.322 e. The molecule has 1 saturated heterocycles. The molecule has 20 heavy (non-hydrogen) atoms. The Morgan fingerprint density at radius 1 is 1.40 bits per heavy atom. The normalized spacial score (nSPS) is 16.0. The summed E-state index contributed by atoms with van der Waals surface area (Å²) in [4.78, 5) is 25.9. The summed E-state index contributed by atoms with van der Waals surface area (Å²) in [5.74, 6) is 0.775. The van der Waals surface area contributed by atoms with Crippen LogP contribution < -0.4 is 20.7 Å². The van der Waals surface area contributed by atoms with E-state index in [-0.39, 0.29) is 17.8 Å². The number of ether oxygens (including phenoxy) is 1. The van der Waals surface area contributed by atoms with Crippen molar-refractivity contribution in [3.8, 4) is 6.01 Å². The summed E-state index contributed by atoms with van der Waals surface area (Å²) < 4.78 is 5.09. The van der Waals surface area contributed by atoms with E-state index < -0.39 is 0 Å². The highest BCUT2D eigenvalue weighted by Crippen LogP contribution is 2.22. The zero-order valence-electron chi connectivity index (χ0n) is 11.8. The van der Waals surface area contributed by atoms with Gasteiger partial charge in [0, 0.05) is 25.6 Å². The predicted octanol–water partition coefficient (Wildman–Crippen LogP) is 0.0137. The van der Waals surface area contributed by atoms with Crippen LogP contribution in [-0.4, -0.2) is 47.6 Å². The lowest BCUT2D eigenvalue weighted by atomic mass is 9.96. The lowest BCUT2D eigenvalue weighted by molar-refractivity contribution is -0.122. The predicted molar refractivity (Wildman–Crippen MR) is 74.7 cm³/mol. The van der Waals surface area contributed by atoms with Gasteiger partial charge in [0.15, 0.2) is 0 Å². The summed E-state index contributed by atoms with van der Waals surface area (Å²) in [5.41, 5.74) is 5.33. The first-order chi connectivity index (χ1) is 9.63. The molecular weight excluding hydrogens is 260 g/mol. The molecule has 0 unspecified atom stereocenters. The molecule has 0 bridgehead atoms. The Hall–Kier alpha value is -2.12. The molecular formula is C12H20N6O2. The van der Waals surface area contributed by atoms with E-state index in [1.165, 1.54) is 7.11 Å². The Labute approximate surface area is 117 Å². The number of hydrogen-bond acceptors (Lipinski definition) is 7. The number of anilines is 2. The summed E-state index contributed by atoms with van der Waals surface area (Å²) in [6.07, 6.45) is 1.44. The maximum absolute atomic E-state index is 11.2. The number of methoxy groups -OCH3 is 1. The number of hydrogen-bond donors (Lipinski definition) is 2. The van der Waals surface area contributed by atoms with Crippen LogP contribution in [0.25, 0.3) is 0 Å². The van der Waals surface area contributed by atoms with Gasteiger partial charge in [0.1, 0.15) is 0 Å². The molecule has 3 N–H and O–H groups in total. The van der Waals surface area contributed by atoms with Crippen molar-refractivity contribution in [1.82, 2.24) is 15.0 Å². The molecule has 1 aromatic heterocycles. The highest BCUT2D eigenvalue weighted by molar-refractivity contribution is 5.76. The van der Waals surface area contributed by atoms with Crippen molar-refractivity contribution < 1.29 is 9.53 Å². The van der Waals surface area contributed by atoms with Crippen LogP contribution in [0.1, 0.15) is 19.8 Å². The van der Waals surface area contributed by atoms with Crippen molar-refractivity contribution in [2.75, 3.05) is 37.0 Å². The summed E-state index contributed by atoms with van der Waals surface area (Å²) in [5, 5.41) is 3.05. The maximum Gasteiger partial charge on any atom is 0.322 e. The van der Waals surface area contributed by atoms with Gasteiger partial charge in [-0.25, -0.2) is 0 Å². The fourth-order valence-electron chi connectivity index (χ4n) is 2.18. The molecule has 0 spiro atoms. The molecule has 0 saturated carbocycles. The van der Waals surface area contributed by atoms with Crippen molar-refractivity contribution in [3.05, 3.63) is 0 Å². The maximum atomic E-state index is 11.2. The van der Waals surface area contributed by atoms with E-state index in [2.05, 4.69) is 20.3 Å². The van der Waals surface area contributed by atoms with Crippen LogP contribution in [0.3, 0.4) is 0 Å². The lowest BCUT2D eigenvalue weighted by Gasteiger charge is -2.30. The molecule has 1 aliphatic rings. The Morgan fingerprint density at radius 2 is 2.10 bits per heavy atom. The Morgan fingerprint density at radius 3 is 2.65 bits per heavy atom. The van der Waals surface area contributed by atoms with Crippen LogP contribution in [0.5, 0.6) is 6.01 Å². The Bertz CT molecular complexity index is 473. The van der Waals surface area contributed by atoms with E-state index >= 15 is 0 Å². The summed E-state index contributed by atoms with van der Waals surface area (Å²) in [6, 6.07) is 0.281. The molecule has 8 nitrogen and oxygen atoms in total. The molecule has 1 fully saturated rings. The zero-order chi connectivity index (χ0) is 14.5. The first-order valence-electron chi connectivity index (χ1n) is 6.72. The molecule has 0 atom stereocenters. The number of nitrogens with one attached hydrogen (secondary N) is 1. The van der Waals surface area contributed by atoms with Crippen molar-refractivity contribution in [2.24, 2.45) is 11.7 Å². The van der Waals surface area contributed by atoms with E-state index in [0.29, 0.717) is 25.0 Å². The van der Waals surface area contributed by atoms with Crippen molar-refractivity contribution in [3.63, 3.8) is 0 Å². The minimum Gasteiger partial charge on any atom is -0.467 e. The van der Waals surface area contributed by atoms with Crippen LogP contribution in [0.2, 0.25) is 0 Å². The van der Waals surface area contributed by atoms with Crippen molar-refractivity contribution in [1.29, 1.82) is 0 Å². The fraction of sp³-hybridized carbons (Fsp3) is 0.667. The van der Waals surface area contributed by atoms with Gasteiger partial charge in [-0.2, -0.15) is 15.0 Å². The second-order valence-corrected chi connectivity index (χ2v) is 4.64. The first-order valence-corrected chi connectivity index (χ1v) is 6.72. The van der Waals surface area contributed by atoms with Gasteiger partial charge in [-0.3, -0.25) is 4.79 Å². The Balaban J connectivity index is 2.12. The number of rotatable bonds is 5. The van der Waals surface area contributed by atoms with E-state index in [1.807, 2.05) is 11.8 Å². The van der Waals surface area contributed by atoms with E-state index in [9.17, 15) is 4.79 Å². The first kappa shape index (κ1) is 14.3. The van der Waals surface area contributed by atoms with Crippen LogP contribution in [0.4, 0.5) is 11.9 Å². The van der Waals surface area contributed by atoms with Gasteiger partial charge in [0.2, 0.25) is 17.8 Å². The third kappa shape index (κ3) is 3.25. The number of carbonyl (C=O) groups is 1. The standard InChI is InChI=1S/C12H20N6O2/c1-3-14-10-15-11(17-12(16-10)20-2)18-6-4-8(5-7-18)9(13)19/h8H,3-7H2,1-2H3,(H2,13,19)(H,14,15,16,17). The monoisotopic (exact) mass is 280 g/mol.